The maximum Gasteiger partial charge on any atom is 0.271 e. The predicted molar refractivity (Wildman–Crippen MR) is 82.3 cm³/mol. The topological polar surface area (TPSA) is 41.5 Å². The van der Waals surface area contributed by atoms with E-state index in [2.05, 4.69) is 10.5 Å². The normalized spacial score (nSPS) is 11.2. The third kappa shape index (κ3) is 3.45. The highest BCUT2D eigenvalue weighted by Gasteiger charge is 2.07. The Bertz CT molecular complexity index is 648. The van der Waals surface area contributed by atoms with Crippen LogP contribution in [-0.2, 0) is 0 Å². The van der Waals surface area contributed by atoms with Gasteiger partial charge in [0.05, 0.1) is 5.71 Å². The molecule has 0 heterocycles. The van der Waals surface area contributed by atoms with Gasteiger partial charge in [0, 0.05) is 10.6 Å². The summed E-state index contributed by atoms with van der Waals surface area (Å²) in [6.07, 6.45) is 0. The lowest BCUT2D eigenvalue weighted by atomic mass is 10.1. The lowest BCUT2D eigenvalue weighted by Gasteiger charge is -2.05. The van der Waals surface area contributed by atoms with Crippen molar-refractivity contribution in [2.75, 3.05) is 0 Å². The Kier molecular flexibility index (Phi) is 4.53. The molecular weight excluding hydrogens is 272 g/mol. The van der Waals surface area contributed by atoms with Gasteiger partial charge in [-0.05, 0) is 43.2 Å². The Labute approximate surface area is 123 Å². The molecule has 2 aromatic rings. The van der Waals surface area contributed by atoms with Crippen molar-refractivity contribution in [2.45, 2.75) is 13.8 Å². The van der Waals surface area contributed by atoms with Crippen LogP contribution in [0.4, 0.5) is 0 Å². The molecule has 0 bridgehead atoms. The molecule has 0 spiro atoms. The number of nitrogens with one attached hydrogen (secondary N) is 1. The monoisotopic (exact) mass is 286 g/mol. The van der Waals surface area contributed by atoms with Gasteiger partial charge in [-0.2, -0.15) is 5.10 Å². The number of carbonyl (C=O) groups is 1. The standard InChI is InChI=1S/C16H15ClN2O/c1-11-5-3-4-6-15(11)16(20)19-18-12(2)13-7-9-14(17)10-8-13/h3-10H,1-2H3,(H,19,20)/b18-12+. The van der Waals surface area contributed by atoms with Crippen molar-refractivity contribution < 1.29 is 4.79 Å². The van der Waals surface area contributed by atoms with E-state index in [1.165, 1.54) is 0 Å². The Morgan fingerprint density at radius 1 is 1.10 bits per heavy atom. The number of halogens is 1. The second kappa shape index (κ2) is 6.35. The van der Waals surface area contributed by atoms with Crippen LogP contribution in [0.2, 0.25) is 5.02 Å². The van der Waals surface area contributed by atoms with E-state index in [9.17, 15) is 4.79 Å². The lowest BCUT2D eigenvalue weighted by Crippen LogP contribution is -2.20. The van der Waals surface area contributed by atoms with Crippen molar-refractivity contribution in [1.82, 2.24) is 5.43 Å². The number of rotatable bonds is 3. The van der Waals surface area contributed by atoms with Gasteiger partial charge in [-0.1, -0.05) is 41.9 Å². The molecule has 20 heavy (non-hydrogen) atoms. The average Bonchev–Trinajstić information content (AvgIpc) is 2.45. The van der Waals surface area contributed by atoms with Crippen LogP contribution in [0.1, 0.15) is 28.4 Å². The van der Waals surface area contributed by atoms with E-state index < -0.39 is 0 Å². The van der Waals surface area contributed by atoms with Gasteiger partial charge in [0.2, 0.25) is 0 Å². The smallest absolute Gasteiger partial charge is 0.267 e. The molecule has 2 rings (SSSR count). The van der Waals surface area contributed by atoms with E-state index in [4.69, 9.17) is 11.6 Å². The van der Waals surface area contributed by atoms with Gasteiger partial charge < -0.3 is 0 Å². The van der Waals surface area contributed by atoms with Gasteiger partial charge >= 0.3 is 0 Å². The Balaban J connectivity index is 2.11. The zero-order valence-electron chi connectivity index (χ0n) is 11.4. The highest BCUT2D eigenvalue weighted by atomic mass is 35.5. The molecule has 1 N–H and O–H groups in total. The largest absolute Gasteiger partial charge is 0.271 e. The van der Waals surface area contributed by atoms with Crippen LogP contribution in [0.15, 0.2) is 53.6 Å². The fourth-order valence-corrected chi connectivity index (χ4v) is 1.90. The highest BCUT2D eigenvalue weighted by molar-refractivity contribution is 6.30. The Morgan fingerprint density at radius 3 is 2.40 bits per heavy atom. The SMILES string of the molecule is C/C(=N\NC(=O)c1ccccc1C)c1ccc(Cl)cc1. The molecule has 0 saturated heterocycles. The van der Waals surface area contributed by atoms with Gasteiger partial charge in [0.1, 0.15) is 0 Å². The van der Waals surface area contributed by atoms with E-state index in [1.807, 2.05) is 44.2 Å². The zero-order chi connectivity index (χ0) is 14.5. The van der Waals surface area contributed by atoms with E-state index in [-0.39, 0.29) is 5.91 Å². The summed E-state index contributed by atoms with van der Waals surface area (Å²) in [5.74, 6) is -0.212. The quantitative estimate of drug-likeness (QED) is 0.677. The highest BCUT2D eigenvalue weighted by Crippen LogP contribution is 2.10. The Hall–Kier alpha value is -2.13. The minimum atomic E-state index is -0.212. The van der Waals surface area contributed by atoms with Crippen molar-refractivity contribution in [2.24, 2.45) is 5.10 Å². The van der Waals surface area contributed by atoms with Crippen molar-refractivity contribution in [3.63, 3.8) is 0 Å². The molecule has 102 valence electrons. The average molecular weight is 287 g/mol. The molecular formula is C16H15ClN2O. The molecule has 0 aromatic heterocycles. The van der Waals surface area contributed by atoms with Crippen molar-refractivity contribution in [1.29, 1.82) is 0 Å². The summed E-state index contributed by atoms with van der Waals surface area (Å²) in [5.41, 5.74) is 5.76. The molecule has 0 aliphatic rings. The molecule has 0 saturated carbocycles. The molecule has 4 heteroatoms. The van der Waals surface area contributed by atoms with Gasteiger partial charge in [-0.25, -0.2) is 5.43 Å². The summed E-state index contributed by atoms with van der Waals surface area (Å²) in [7, 11) is 0. The maximum absolute atomic E-state index is 12.0. The number of hydrogen-bond acceptors (Lipinski definition) is 2. The number of nitrogens with zero attached hydrogens (tertiary/aromatic N) is 1. The first-order valence-electron chi connectivity index (χ1n) is 6.24. The lowest BCUT2D eigenvalue weighted by molar-refractivity contribution is 0.0954. The minimum absolute atomic E-state index is 0.212. The van der Waals surface area contributed by atoms with E-state index >= 15 is 0 Å². The second-order valence-electron chi connectivity index (χ2n) is 4.46. The fraction of sp³-hybridized carbons (Fsp3) is 0.125. The van der Waals surface area contributed by atoms with Crippen molar-refractivity contribution in [3.05, 3.63) is 70.2 Å². The number of carbonyl (C=O) groups excluding carboxylic acids is 1. The molecule has 0 unspecified atom stereocenters. The predicted octanol–water partition coefficient (Wildman–Crippen LogP) is 3.80. The fourth-order valence-electron chi connectivity index (χ4n) is 1.78. The summed E-state index contributed by atoms with van der Waals surface area (Å²) in [4.78, 5) is 12.0. The van der Waals surface area contributed by atoms with E-state index in [0.29, 0.717) is 10.6 Å². The minimum Gasteiger partial charge on any atom is -0.267 e. The summed E-state index contributed by atoms with van der Waals surface area (Å²) in [6, 6.07) is 14.7. The third-order valence-corrected chi connectivity index (χ3v) is 3.23. The zero-order valence-corrected chi connectivity index (χ0v) is 12.1. The number of hydrogen-bond donors (Lipinski definition) is 1. The van der Waals surface area contributed by atoms with Crippen molar-refractivity contribution >= 4 is 23.2 Å². The van der Waals surface area contributed by atoms with E-state index in [1.54, 1.807) is 18.2 Å². The number of amides is 1. The van der Waals surface area contributed by atoms with Crippen LogP contribution in [0.3, 0.4) is 0 Å². The molecule has 3 nitrogen and oxygen atoms in total. The third-order valence-electron chi connectivity index (χ3n) is 2.98. The first-order valence-corrected chi connectivity index (χ1v) is 6.62. The molecule has 0 aliphatic heterocycles. The van der Waals surface area contributed by atoms with Crippen LogP contribution in [0.5, 0.6) is 0 Å². The van der Waals surface area contributed by atoms with E-state index in [0.717, 1.165) is 16.8 Å². The molecule has 2 aromatic carbocycles. The molecule has 0 fully saturated rings. The summed E-state index contributed by atoms with van der Waals surface area (Å²) in [6.45, 7) is 3.73. The molecule has 0 atom stereocenters. The number of aryl methyl sites for hydroxylation is 1. The van der Waals surface area contributed by atoms with Crippen LogP contribution >= 0.6 is 11.6 Å². The summed E-state index contributed by atoms with van der Waals surface area (Å²) >= 11 is 5.83. The first-order chi connectivity index (χ1) is 9.58. The molecule has 0 aliphatic carbocycles. The van der Waals surface area contributed by atoms with Gasteiger partial charge in [0.15, 0.2) is 0 Å². The van der Waals surface area contributed by atoms with Crippen LogP contribution in [-0.4, -0.2) is 11.6 Å². The van der Waals surface area contributed by atoms with Crippen LogP contribution in [0.25, 0.3) is 0 Å². The van der Waals surface area contributed by atoms with Crippen LogP contribution < -0.4 is 5.43 Å². The maximum atomic E-state index is 12.0. The van der Waals surface area contributed by atoms with Gasteiger partial charge in [0.25, 0.3) is 5.91 Å². The Morgan fingerprint density at radius 2 is 1.75 bits per heavy atom. The summed E-state index contributed by atoms with van der Waals surface area (Å²) < 4.78 is 0. The van der Waals surface area contributed by atoms with Crippen LogP contribution in [0, 0.1) is 6.92 Å². The number of benzene rings is 2. The van der Waals surface area contributed by atoms with Gasteiger partial charge in [-0.3, -0.25) is 4.79 Å². The molecule has 1 amide bonds. The molecule has 0 radical (unpaired) electrons. The summed E-state index contributed by atoms with van der Waals surface area (Å²) in [5, 5.41) is 4.79. The van der Waals surface area contributed by atoms with Crippen molar-refractivity contribution in [3.8, 4) is 0 Å². The number of hydrazone groups is 1. The second-order valence-corrected chi connectivity index (χ2v) is 4.90. The first kappa shape index (κ1) is 14.3. The van der Waals surface area contributed by atoms with Gasteiger partial charge in [-0.15, -0.1) is 0 Å².